The average molecular weight is 248 g/mol. The van der Waals surface area contributed by atoms with Crippen LogP contribution in [-0.2, 0) is 9.53 Å². The van der Waals surface area contributed by atoms with E-state index in [1.165, 1.54) is 12.4 Å². The molecule has 0 spiro atoms. The fraction of sp³-hybridized carbons (Fsp3) is 0.222. The zero-order valence-corrected chi connectivity index (χ0v) is 9.30. The van der Waals surface area contributed by atoms with E-state index in [2.05, 4.69) is 9.72 Å². The Hall–Kier alpha value is -1.13. The summed E-state index contributed by atoms with van der Waals surface area (Å²) >= 11 is 11.4. The van der Waals surface area contributed by atoms with Gasteiger partial charge in [-0.25, -0.2) is 4.79 Å². The largest absolute Gasteiger partial charge is 0.460 e. The van der Waals surface area contributed by atoms with Crippen LogP contribution in [0.1, 0.15) is 17.3 Å². The van der Waals surface area contributed by atoms with E-state index in [0.29, 0.717) is 0 Å². The number of Topliss-reactive ketones (excluding diaryl/α,β-unsaturated/α-hetero) is 1. The monoisotopic (exact) mass is 247 g/mol. The predicted molar refractivity (Wildman–Crippen MR) is 55.2 cm³/mol. The fourth-order valence-electron chi connectivity index (χ4n) is 0.927. The summed E-state index contributed by atoms with van der Waals surface area (Å²) in [6.07, 6.45) is 2.47. The van der Waals surface area contributed by atoms with Gasteiger partial charge < -0.3 is 4.74 Å². The van der Waals surface area contributed by atoms with E-state index in [4.69, 9.17) is 23.2 Å². The molecule has 0 atom stereocenters. The number of ether oxygens (including phenoxy) is 1. The van der Waals surface area contributed by atoms with Gasteiger partial charge in [0.15, 0.2) is 0 Å². The van der Waals surface area contributed by atoms with Gasteiger partial charge in [-0.15, -0.1) is 0 Å². The molecule has 4 nitrogen and oxygen atoms in total. The number of nitrogens with zero attached hydrogens (tertiary/aromatic N) is 1. The normalized spacial score (nSPS) is 9.80. The Bertz CT molecular complexity index is 386. The minimum absolute atomic E-state index is 0.0283. The highest BCUT2D eigenvalue weighted by Gasteiger charge is 2.23. The molecular weight excluding hydrogens is 241 g/mol. The van der Waals surface area contributed by atoms with E-state index in [9.17, 15) is 9.59 Å². The highest BCUT2D eigenvalue weighted by molar-refractivity contribution is 6.49. The smallest absolute Gasteiger partial charge is 0.379 e. The van der Waals surface area contributed by atoms with Crippen molar-refractivity contribution in [2.24, 2.45) is 0 Å². The molecule has 0 N–H and O–H groups in total. The molecular formula is C9H7Cl2NO3. The van der Waals surface area contributed by atoms with Crippen molar-refractivity contribution in [3.63, 3.8) is 0 Å². The van der Waals surface area contributed by atoms with Gasteiger partial charge in [0.2, 0.25) is 0 Å². The molecule has 0 amide bonds. The second kappa shape index (κ2) is 5.09. The molecule has 1 aromatic heterocycles. The molecule has 1 aromatic rings. The first kappa shape index (κ1) is 11.9. The Morgan fingerprint density at radius 2 is 1.87 bits per heavy atom. The molecule has 0 aromatic carbocycles. The molecule has 0 aliphatic rings. The third kappa shape index (κ3) is 2.67. The van der Waals surface area contributed by atoms with Crippen molar-refractivity contribution in [1.82, 2.24) is 4.98 Å². The topological polar surface area (TPSA) is 56.3 Å². The zero-order chi connectivity index (χ0) is 11.4. The molecule has 0 fully saturated rings. The number of esters is 1. The van der Waals surface area contributed by atoms with Crippen LogP contribution in [0.25, 0.3) is 0 Å². The lowest BCUT2D eigenvalue weighted by Gasteiger charge is -2.04. The molecule has 1 rings (SSSR count). The van der Waals surface area contributed by atoms with Gasteiger partial charge in [0.1, 0.15) is 0 Å². The quantitative estimate of drug-likeness (QED) is 0.467. The summed E-state index contributed by atoms with van der Waals surface area (Å²) in [5.41, 5.74) is -0.0771. The van der Waals surface area contributed by atoms with Gasteiger partial charge >= 0.3 is 5.97 Å². The lowest BCUT2D eigenvalue weighted by Crippen LogP contribution is -2.18. The summed E-state index contributed by atoms with van der Waals surface area (Å²) in [7, 11) is 0. The highest BCUT2D eigenvalue weighted by atomic mass is 35.5. The van der Waals surface area contributed by atoms with E-state index in [-0.39, 0.29) is 22.2 Å². The first-order valence-corrected chi connectivity index (χ1v) is 4.84. The molecule has 0 saturated heterocycles. The Labute approximate surface area is 96.2 Å². The summed E-state index contributed by atoms with van der Waals surface area (Å²) in [5, 5.41) is 0.0566. The number of pyridine rings is 1. The summed E-state index contributed by atoms with van der Waals surface area (Å²) < 4.78 is 4.54. The number of rotatable bonds is 3. The number of ketones is 1. The summed E-state index contributed by atoms with van der Waals surface area (Å²) in [5.74, 6) is -1.85. The minimum Gasteiger partial charge on any atom is -0.460 e. The van der Waals surface area contributed by atoms with Crippen molar-refractivity contribution in [2.45, 2.75) is 6.92 Å². The van der Waals surface area contributed by atoms with Crippen LogP contribution in [0.3, 0.4) is 0 Å². The van der Waals surface area contributed by atoms with Crippen LogP contribution in [0, 0.1) is 0 Å². The van der Waals surface area contributed by atoms with E-state index in [0.717, 1.165) is 0 Å². The number of hydrogen-bond donors (Lipinski definition) is 0. The van der Waals surface area contributed by atoms with E-state index >= 15 is 0 Å². The number of hydrogen-bond acceptors (Lipinski definition) is 4. The molecule has 1 heterocycles. The van der Waals surface area contributed by atoms with Crippen LogP contribution in [0.5, 0.6) is 0 Å². The molecule has 0 aliphatic carbocycles. The number of carbonyl (C=O) groups excluding carboxylic acids is 2. The van der Waals surface area contributed by atoms with Crippen molar-refractivity contribution < 1.29 is 14.3 Å². The fourth-order valence-corrected chi connectivity index (χ4v) is 1.46. The minimum atomic E-state index is -0.979. The van der Waals surface area contributed by atoms with Crippen molar-refractivity contribution in [3.8, 4) is 0 Å². The standard InChI is InChI=1S/C9H7Cl2NO3/c1-2-15-9(14)8(13)7-5(10)3-12-4-6(7)11/h3-4H,2H2,1H3. The lowest BCUT2D eigenvalue weighted by atomic mass is 10.2. The zero-order valence-electron chi connectivity index (χ0n) is 7.79. The van der Waals surface area contributed by atoms with E-state index in [1.54, 1.807) is 6.92 Å². The third-order valence-corrected chi connectivity index (χ3v) is 2.11. The van der Waals surface area contributed by atoms with Crippen LogP contribution in [0.15, 0.2) is 12.4 Å². The molecule has 0 saturated carbocycles. The Morgan fingerprint density at radius 3 is 2.33 bits per heavy atom. The van der Waals surface area contributed by atoms with Gasteiger partial charge in [-0.1, -0.05) is 23.2 Å². The van der Waals surface area contributed by atoms with Crippen molar-refractivity contribution in [2.75, 3.05) is 6.61 Å². The van der Waals surface area contributed by atoms with Crippen LogP contribution >= 0.6 is 23.2 Å². The first-order valence-electron chi connectivity index (χ1n) is 4.08. The van der Waals surface area contributed by atoms with Gasteiger partial charge in [-0.3, -0.25) is 9.78 Å². The SMILES string of the molecule is CCOC(=O)C(=O)c1c(Cl)cncc1Cl. The van der Waals surface area contributed by atoms with Gasteiger partial charge in [0.05, 0.1) is 22.2 Å². The number of halogens is 2. The van der Waals surface area contributed by atoms with Gasteiger partial charge in [-0.05, 0) is 6.92 Å². The van der Waals surface area contributed by atoms with Gasteiger partial charge in [0, 0.05) is 12.4 Å². The van der Waals surface area contributed by atoms with Gasteiger partial charge in [-0.2, -0.15) is 0 Å². The van der Waals surface area contributed by atoms with E-state index in [1.807, 2.05) is 0 Å². The second-order valence-corrected chi connectivity index (χ2v) is 3.34. The number of carbonyl (C=O) groups is 2. The van der Waals surface area contributed by atoms with Crippen LogP contribution in [0.4, 0.5) is 0 Å². The van der Waals surface area contributed by atoms with Crippen molar-refractivity contribution in [1.29, 1.82) is 0 Å². The maximum absolute atomic E-state index is 11.5. The molecule has 0 radical (unpaired) electrons. The molecule has 0 unspecified atom stereocenters. The Kier molecular flexibility index (Phi) is 4.05. The Morgan fingerprint density at radius 1 is 1.33 bits per heavy atom. The first-order chi connectivity index (χ1) is 7.07. The van der Waals surface area contributed by atoms with Crippen LogP contribution in [-0.4, -0.2) is 23.3 Å². The van der Waals surface area contributed by atoms with E-state index < -0.39 is 11.8 Å². The number of aromatic nitrogens is 1. The molecule has 0 bridgehead atoms. The van der Waals surface area contributed by atoms with Gasteiger partial charge in [0.25, 0.3) is 5.78 Å². The lowest BCUT2D eigenvalue weighted by molar-refractivity contribution is -0.137. The average Bonchev–Trinajstić information content (AvgIpc) is 2.17. The molecule has 15 heavy (non-hydrogen) atoms. The van der Waals surface area contributed by atoms with Crippen molar-refractivity contribution >= 4 is 35.0 Å². The van der Waals surface area contributed by atoms with Crippen LogP contribution < -0.4 is 0 Å². The molecule has 6 heteroatoms. The Balaban J connectivity index is 3.06. The van der Waals surface area contributed by atoms with Crippen LogP contribution in [0.2, 0.25) is 10.0 Å². The molecule has 80 valence electrons. The summed E-state index contributed by atoms with van der Waals surface area (Å²) in [6, 6.07) is 0. The molecule has 0 aliphatic heterocycles. The maximum atomic E-state index is 11.5. The third-order valence-electron chi connectivity index (χ3n) is 1.54. The predicted octanol–water partition coefficient (Wildman–Crippen LogP) is 2.13. The summed E-state index contributed by atoms with van der Waals surface area (Å²) in [6.45, 7) is 1.71. The highest BCUT2D eigenvalue weighted by Crippen LogP contribution is 2.23. The maximum Gasteiger partial charge on any atom is 0.379 e. The summed E-state index contributed by atoms with van der Waals surface area (Å²) in [4.78, 5) is 26.3. The van der Waals surface area contributed by atoms with Crippen molar-refractivity contribution in [3.05, 3.63) is 28.0 Å². The second-order valence-electron chi connectivity index (χ2n) is 2.53.